The van der Waals surface area contributed by atoms with E-state index < -0.39 is 10.8 Å². The van der Waals surface area contributed by atoms with Crippen LogP contribution in [0.15, 0.2) is 57.2 Å². The number of amides is 1. The van der Waals surface area contributed by atoms with Crippen LogP contribution in [0, 0.1) is 10.1 Å². The highest BCUT2D eigenvalue weighted by atomic mass is 79.9. The standard InChI is InChI=1S/C18H15BrN6O4S/c1-24-17(11-3-2-4-13(19)7-11)22-23-18(24)30-10-16(27)21-20-9-12-8-14(25(28)29)5-6-15(12)26/h2-9,26H,10H2,1H3,(H,21,27)/b20-9+. The molecule has 154 valence electrons. The predicted molar refractivity (Wildman–Crippen MR) is 115 cm³/mol. The van der Waals surface area contributed by atoms with Crippen molar-refractivity contribution in [3.8, 4) is 17.1 Å². The summed E-state index contributed by atoms with van der Waals surface area (Å²) in [5, 5.41) is 33.1. The van der Waals surface area contributed by atoms with E-state index in [4.69, 9.17) is 0 Å². The molecule has 3 aromatic rings. The molecule has 2 aromatic carbocycles. The first kappa shape index (κ1) is 21.5. The Hall–Kier alpha value is -3.25. The summed E-state index contributed by atoms with van der Waals surface area (Å²) in [6.45, 7) is 0. The zero-order chi connectivity index (χ0) is 21.7. The van der Waals surface area contributed by atoms with E-state index in [0.29, 0.717) is 11.0 Å². The maximum absolute atomic E-state index is 12.0. The number of benzene rings is 2. The molecule has 3 rings (SSSR count). The number of nitrogens with zero attached hydrogens (tertiary/aromatic N) is 5. The fourth-order valence-electron chi connectivity index (χ4n) is 2.41. The minimum absolute atomic E-state index is 0.0305. The molecule has 10 nitrogen and oxygen atoms in total. The van der Waals surface area contributed by atoms with Crippen LogP contribution in [0.5, 0.6) is 5.75 Å². The zero-order valence-electron chi connectivity index (χ0n) is 15.5. The lowest BCUT2D eigenvalue weighted by atomic mass is 10.2. The number of non-ortho nitro benzene ring substituents is 1. The van der Waals surface area contributed by atoms with E-state index in [2.05, 4.69) is 36.7 Å². The summed E-state index contributed by atoms with van der Waals surface area (Å²) >= 11 is 4.60. The second-order valence-electron chi connectivity index (χ2n) is 5.96. The number of phenols is 1. The first-order chi connectivity index (χ1) is 14.3. The van der Waals surface area contributed by atoms with Gasteiger partial charge in [-0.15, -0.1) is 10.2 Å². The number of nitrogens with one attached hydrogen (secondary N) is 1. The number of rotatable bonds is 7. The molecule has 0 radical (unpaired) electrons. The van der Waals surface area contributed by atoms with E-state index in [0.717, 1.165) is 22.3 Å². The minimum atomic E-state index is -0.588. The average molecular weight is 491 g/mol. The fourth-order valence-corrected chi connectivity index (χ4v) is 3.52. The lowest BCUT2D eigenvalue weighted by molar-refractivity contribution is -0.384. The lowest BCUT2D eigenvalue weighted by Gasteiger charge is -2.04. The monoisotopic (exact) mass is 490 g/mol. The Morgan fingerprint density at radius 2 is 2.17 bits per heavy atom. The number of nitro benzene ring substituents is 1. The van der Waals surface area contributed by atoms with Gasteiger partial charge in [-0.05, 0) is 18.2 Å². The Morgan fingerprint density at radius 1 is 1.37 bits per heavy atom. The quantitative estimate of drug-likeness (QED) is 0.224. The molecule has 0 bridgehead atoms. The number of nitro groups is 1. The van der Waals surface area contributed by atoms with Crippen LogP contribution in [0.2, 0.25) is 0 Å². The van der Waals surface area contributed by atoms with E-state index in [1.165, 1.54) is 23.9 Å². The Balaban J connectivity index is 1.59. The van der Waals surface area contributed by atoms with Gasteiger partial charge >= 0.3 is 0 Å². The smallest absolute Gasteiger partial charge is 0.270 e. The number of hydrazone groups is 1. The number of carbonyl (C=O) groups excluding carboxylic acids is 1. The van der Waals surface area contributed by atoms with E-state index in [9.17, 15) is 20.0 Å². The van der Waals surface area contributed by atoms with Gasteiger partial charge in [-0.1, -0.05) is 39.8 Å². The average Bonchev–Trinajstić information content (AvgIpc) is 3.08. The summed E-state index contributed by atoms with van der Waals surface area (Å²) in [6, 6.07) is 11.2. The van der Waals surface area contributed by atoms with Crippen LogP contribution in [0.1, 0.15) is 5.56 Å². The molecule has 0 aliphatic rings. The third-order valence-corrected chi connectivity index (χ3v) is 5.38. The Bertz CT molecular complexity index is 1130. The van der Waals surface area contributed by atoms with Gasteiger partial charge in [-0.2, -0.15) is 5.10 Å². The SMILES string of the molecule is Cn1c(SCC(=O)N/N=C/c2cc([N+](=O)[O-])ccc2O)nnc1-c1cccc(Br)c1. The van der Waals surface area contributed by atoms with Crippen molar-refractivity contribution in [1.82, 2.24) is 20.2 Å². The molecule has 0 fully saturated rings. The Morgan fingerprint density at radius 3 is 2.90 bits per heavy atom. The van der Waals surface area contributed by atoms with Crippen LogP contribution in [0.4, 0.5) is 5.69 Å². The highest BCUT2D eigenvalue weighted by molar-refractivity contribution is 9.10. The highest BCUT2D eigenvalue weighted by Gasteiger charge is 2.13. The Labute approximate surface area is 183 Å². The zero-order valence-corrected chi connectivity index (χ0v) is 17.9. The maximum atomic E-state index is 12.0. The summed E-state index contributed by atoms with van der Waals surface area (Å²) in [4.78, 5) is 22.2. The second-order valence-corrected chi connectivity index (χ2v) is 7.82. The van der Waals surface area contributed by atoms with Crippen molar-refractivity contribution in [2.75, 3.05) is 5.75 Å². The summed E-state index contributed by atoms with van der Waals surface area (Å²) in [5.74, 6) is 0.0987. The maximum Gasteiger partial charge on any atom is 0.270 e. The van der Waals surface area contributed by atoms with Crippen molar-refractivity contribution >= 4 is 45.5 Å². The van der Waals surface area contributed by atoms with Crippen molar-refractivity contribution < 1.29 is 14.8 Å². The van der Waals surface area contributed by atoms with E-state index in [1.54, 1.807) is 11.6 Å². The van der Waals surface area contributed by atoms with Gasteiger partial charge in [0.05, 0.1) is 16.9 Å². The lowest BCUT2D eigenvalue weighted by Crippen LogP contribution is -2.19. The molecule has 0 saturated heterocycles. The molecule has 0 atom stereocenters. The summed E-state index contributed by atoms with van der Waals surface area (Å²) in [6.07, 6.45) is 1.14. The number of thioether (sulfide) groups is 1. The molecule has 0 spiro atoms. The van der Waals surface area contributed by atoms with Gasteiger partial charge in [0.25, 0.3) is 11.6 Å². The summed E-state index contributed by atoms with van der Waals surface area (Å²) < 4.78 is 2.70. The van der Waals surface area contributed by atoms with Gasteiger partial charge in [0, 0.05) is 34.8 Å². The first-order valence-electron chi connectivity index (χ1n) is 8.42. The molecule has 0 aliphatic heterocycles. The first-order valence-corrected chi connectivity index (χ1v) is 10.2. The van der Waals surface area contributed by atoms with Crippen molar-refractivity contribution in [2.24, 2.45) is 12.1 Å². The number of phenolic OH excluding ortho intramolecular Hbond substituents is 1. The molecule has 2 N–H and O–H groups in total. The molecule has 1 aromatic heterocycles. The highest BCUT2D eigenvalue weighted by Crippen LogP contribution is 2.25. The van der Waals surface area contributed by atoms with Gasteiger partial charge < -0.3 is 9.67 Å². The summed E-state index contributed by atoms with van der Waals surface area (Å²) in [7, 11) is 1.81. The van der Waals surface area contributed by atoms with Crippen molar-refractivity contribution in [2.45, 2.75) is 5.16 Å². The van der Waals surface area contributed by atoms with Crippen LogP contribution in [0.3, 0.4) is 0 Å². The molecule has 30 heavy (non-hydrogen) atoms. The largest absolute Gasteiger partial charge is 0.507 e. The number of hydrogen-bond acceptors (Lipinski definition) is 8. The van der Waals surface area contributed by atoms with Crippen LogP contribution in [-0.4, -0.2) is 42.7 Å². The van der Waals surface area contributed by atoms with E-state index >= 15 is 0 Å². The molecule has 0 saturated carbocycles. The van der Waals surface area contributed by atoms with Crippen molar-refractivity contribution in [3.63, 3.8) is 0 Å². The van der Waals surface area contributed by atoms with Gasteiger partial charge in [-0.3, -0.25) is 14.9 Å². The topological polar surface area (TPSA) is 136 Å². The Kier molecular flexibility index (Phi) is 6.79. The van der Waals surface area contributed by atoms with Crippen LogP contribution < -0.4 is 5.43 Å². The number of aromatic nitrogens is 3. The minimum Gasteiger partial charge on any atom is -0.507 e. The summed E-state index contributed by atoms with van der Waals surface area (Å²) in [5.41, 5.74) is 3.11. The molecule has 0 unspecified atom stereocenters. The molecule has 0 aliphatic carbocycles. The number of halogens is 1. The molecular weight excluding hydrogens is 476 g/mol. The van der Waals surface area contributed by atoms with Crippen molar-refractivity contribution in [1.29, 1.82) is 0 Å². The molecule has 1 amide bonds. The third-order valence-electron chi connectivity index (χ3n) is 3.86. The number of hydrogen-bond donors (Lipinski definition) is 2. The third kappa shape index (κ3) is 5.21. The van der Waals surface area contributed by atoms with Crippen LogP contribution in [-0.2, 0) is 11.8 Å². The van der Waals surface area contributed by atoms with Gasteiger partial charge in [-0.25, -0.2) is 5.43 Å². The predicted octanol–water partition coefficient (Wildman–Crippen LogP) is 3.10. The van der Waals surface area contributed by atoms with Crippen molar-refractivity contribution in [3.05, 3.63) is 62.6 Å². The second kappa shape index (κ2) is 9.50. The normalized spacial score (nSPS) is 11.0. The van der Waals surface area contributed by atoms with E-state index in [1.807, 2.05) is 24.3 Å². The van der Waals surface area contributed by atoms with Gasteiger partial charge in [0.2, 0.25) is 0 Å². The fraction of sp³-hybridized carbons (Fsp3) is 0.111. The van der Waals surface area contributed by atoms with Crippen LogP contribution in [0.25, 0.3) is 11.4 Å². The van der Waals surface area contributed by atoms with Crippen LogP contribution >= 0.6 is 27.7 Å². The van der Waals surface area contributed by atoms with Gasteiger partial charge in [0.15, 0.2) is 11.0 Å². The number of carbonyl (C=O) groups is 1. The molecule has 12 heteroatoms. The number of aromatic hydroxyl groups is 1. The van der Waals surface area contributed by atoms with Gasteiger partial charge in [0.1, 0.15) is 5.75 Å². The van der Waals surface area contributed by atoms with E-state index in [-0.39, 0.29) is 22.8 Å². The molecular formula is C18H15BrN6O4S. The molecule has 1 heterocycles.